The average Bonchev–Trinajstić information content (AvgIpc) is 3.36. The van der Waals surface area contributed by atoms with Gasteiger partial charge in [0.1, 0.15) is 30.1 Å². The molecule has 16 nitrogen and oxygen atoms in total. The Morgan fingerprint density at radius 2 is 1.53 bits per heavy atom. The number of rotatable bonds is 13. The van der Waals surface area contributed by atoms with Gasteiger partial charge in [-0.15, -0.1) is 0 Å². The van der Waals surface area contributed by atoms with E-state index in [1.807, 2.05) is 58.1 Å². The molecule has 16 heteroatoms. The molecule has 0 aromatic heterocycles. The van der Waals surface area contributed by atoms with Crippen LogP contribution in [0.15, 0.2) is 47.6 Å². The van der Waals surface area contributed by atoms with Crippen LogP contribution >= 0.6 is 0 Å². The van der Waals surface area contributed by atoms with Crippen molar-refractivity contribution >= 4 is 29.2 Å². The van der Waals surface area contributed by atoms with Gasteiger partial charge in [-0.25, -0.2) is 4.79 Å². The van der Waals surface area contributed by atoms with E-state index in [1.54, 1.807) is 48.2 Å². The highest BCUT2D eigenvalue weighted by Gasteiger charge is 2.53. The topological polar surface area (TPSA) is 203 Å². The van der Waals surface area contributed by atoms with Gasteiger partial charge >= 0.3 is 5.97 Å². The molecule has 2 bridgehead atoms. The van der Waals surface area contributed by atoms with Gasteiger partial charge in [0.2, 0.25) is 5.79 Å². The third-order valence-corrected chi connectivity index (χ3v) is 15.4. The summed E-state index contributed by atoms with van der Waals surface area (Å²) < 4.78 is 46.8. The number of Topliss-reactive ketones (excluding diaryl/α,β-unsaturated/α-hetero) is 3. The van der Waals surface area contributed by atoms with Gasteiger partial charge in [-0.05, 0) is 107 Å². The van der Waals surface area contributed by atoms with Crippen LogP contribution in [0.5, 0.6) is 0 Å². The molecule has 0 aromatic carbocycles. The summed E-state index contributed by atoms with van der Waals surface area (Å²) in [6, 6.07) is -1.15. The van der Waals surface area contributed by atoms with Gasteiger partial charge in [-0.3, -0.25) is 19.2 Å². The summed E-state index contributed by atoms with van der Waals surface area (Å²) in [5.41, 5.74) is 1.24. The van der Waals surface area contributed by atoms with Crippen LogP contribution in [0.3, 0.4) is 0 Å². The van der Waals surface area contributed by atoms with E-state index in [-0.39, 0.29) is 73.9 Å². The van der Waals surface area contributed by atoms with Crippen molar-refractivity contribution in [3.8, 4) is 0 Å². The summed E-state index contributed by atoms with van der Waals surface area (Å²) in [7, 11) is 6.32. The van der Waals surface area contributed by atoms with E-state index >= 15 is 0 Å². The van der Waals surface area contributed by atoms with Crippen LogP contribution in [0.25, 0.3) is 0 Å². The maximum absolute atomic E-state index is 14.5. The molecule has 0 spiro atoms. The van der Waals surface area contributed by atoms with Gasteiger partial charge in [0.05, 0.1) is 50.8 Å². The molecule has 0 radical (unpaired) electrons. The molecule has 4 rings (SSSR count). The van der Waals surface area contributed by atoms with Gasteiger partial charge in [0.15, 0.2) is 5.78 Å². The summed E-state index contributed by atoms with van der Waals surface area (Å²) >= 11 is 0. The maximum atomic E-state index is 14.5. The lowest BCUT2D eigenvalue weighted by atomic mass is 9.78. The van der Waals surface area contributed by atoms with E-state index in [2.05, 4.69) is 0 Å². The van der Waals surface area contributed by atoms with Crippen LogP contribution in [0.2, 0.25) is 0 Å². The fourth-order valence-corrected chi connectivity index (χ4v) is 10.8. The fourth-order valence-electron chi connectivity index (χ4n) is 10.8. The molecule has 1 amide bonds. The Balaban J connectivity index is 1.71. The molecule has 408 valence electrons. The van der Waals surface area contributed by atoms with Gasteiger partial charge in [0.25, 0.3) is 11.7 Å². The number of carbonyl (C=O) groups excluding carboxylic acids is 5. The van der Waals surface area contributed by atoms with Crippen molar-refractivity contribution in [2.45, 2.75) is 180 Å². The SMILES string of the molecule is COCCOCCO[C@H]1C[C@@H]2CC[C@@H](C)[C@@](O)(O2)C(=O)C(=O)N2CCCC[C@H]2C(=O)O[C@H]([C@H](C)C[C@@H]2CC[C@@H](OC)[C@H](OC)C2)CC(=O)[C@H](C)/C=C(\C)[C@@H](O)[C@@H](OC)C(=O)[C@H](C)C[C@H](C)/C=C/C=C/C=C/1C. The number of carbonyl (C=O) groups is 5. The molecular weight excluding hydrogens is 927 g/mol. The third kappa shape index (κ3) is 17.3. The summed E-state index contributed by atoms with van der Waals surface area (Å²) in [4.78, 5) is 72.6. The van der Waals surface area contributed by atoms with E-state index < -0.39 is 77.8 Å². The minimum absolute atomic E-state index is 0.000925. The maximum Gasteiger partial charge on any atom is 0.329 e. The molecule has 4 aliphatic rings. The molecule has 3 heterocycles. The molecule has 0 aromatic rings. The number of hydrogen-bond acceptors (Lipinski definition) is 15. The smallest absolute Gasteiger partial charge is 0.329 e. The second kappa shape index (κ2) is 30.2. The summed E-state index contributed by atoms with van der Waals surface area (Å²) in [5, 5.41) is 23.7. The lowest BCUT2D eigenvalue weighted by molar-refractivity contribution is -0.266. The standard InChI is InChI=1S/C56H89NO15/c1-35-17-13-12-14-18-36(2)47(70-28-27-69-26-25-65-8)33-43-22-20-41(7)56(64,72-43)53(61)54(62)57-24-16-15-19-44(57)55(63)71-48(38(4)31-42-21-23-46(66-9)49(32-42)67-10)34-45(58)37(3)30-40(6)51(60)52(68-11)50(59)39(5)29-35/h12-14,17-18,30,35,37-39,41-44,46-49,51-52,60,64H,15-16,19-29,31-34H2,1-11H3/b14-12+,17-13+,36-18+,40-30+/t35-,37-,38-,39-,41-,42+,43+,44+,46-,47+,48+,49-,51-,52+,56-/m1/s1. The number of cyclic esters (lactones) is 1. The van der Waals surface area contributed by atoms with E-state index in [1.165, 1.54) is 12.0 Å². The van der Waals surface area contributed by atoms with Crippen molar-refractivity contribution in [3.05, 3.63) is 47.6 Å². The number of aliphatic hydroxyl groups excluding tert-OH is 1. The predicted molar refractivity (Wildman–Crippen MR) is 272 cm³/mol. The van der Waals surface area contributed by atoms with Crippen LogP contribution in [0.1, 0.15) is 126 Å². The van der Waals surface area contributed by atoms with Crippen molar-refractivity contribution in [3.63, 3.8) is 0 Å². The fraction of sp³-hybridized carbons (Fsp3) is 0.768. The molecule has 1 aliphatic carbocycles. The zero-order valence-electron chi connectivity index (χ0n) is 45.2. The molecule has 3 fully saturated rings. The first kappa shape index (κ1) is 61.1. The number of ether oxygens (including phenoxy) is 8. The van der Waals surface area contributed by atoms with Crippen molar-refractivity contribution in [2.75, 3.05) is 61.4 Å². The summed E-state index contributed by atoms with van der Waals surface area (Å²) in [6.07, 6.45) is 12.3. The first-order valence-corrected chi connectivity index (χ1v) is 26.5. The Labute approximate surface area is 429 Å². The number of aliphatic hydroxyl groups is 2. The number of amides is 1. The quantitative estimate of drug-likeness (QED) is 0.0837. The Morgan fingerprint density at radius 1 is 0.806 bits per heavy atom. The van der Waals surface area contributed by atoms with Crippen LogP contribution in [0.4, 0.5) is 0 Å². The minimum atomic E-state index is -2.47. The van der Waals surface area contributed by atoms with Crippen LogP contribution < -0.4 is 0 Å². The number of hydrogen-bond donors (Lipinski definition) is 2. The molecule has 2 N–H and O–H groups in total. The number of ketones is 3. The van der Waals surface area contributed by atoms with Gasteiger partial charge < -0.3 is 53.0 Å². The number of fused-ring (bicyclic) bond motifs is 3. The largest absolute Gasteiger partial charge is 0.460 e. The summed E-state index contributed by atoms with van der Waals surface area (Å²) in [5.74, 6) is -7.94. The van der Waals surface area contributed by atoms with E-state index in [0.717, 1.165) is 24.8 Å². The highest BCUT2D eigenvalue weighted by molar-refractivity contribution is 6.39. The van der Waals surface area contributed by atoms with Crippen LogP contribution in [0, 0.1) is 35.5 Å². The highest BCUT2D eigenvalue weighted by Crippen LogP contribution is 2.38. The van der Waals surface area contributed by atoms with Crippen molar-refractivity contribution in [1.29, 1.82) is 0 Å². The Bertz CT molecular complexity index is 1880. The van der Waals surface area contributed by atoms with Crippen LogP contribution in [-0.2, 0) is 61.9 Å². The molecule has 3 aliphatic heterocycles. The number of esters is 1. The average molecular weight is 1020 g/mol. The number of piperidine rings is 1. The van der Waals surface area contributed by atoms with E-state index in [0.29, 0.717) is 63.9 Å². The molecule has 0 unspecified atom stereocenters. The third-order valence-electron chi connectivity index (χ3n) is 15.4. The zero-order valence-corrected chi connectivity index (χ0v) is 45.2. The monoisotopic (exact) mass is 1020 g/mol. The van der Waals surface area contributed by atoms with Crippen molar-refractivity contribution in [1.82, 2.24) is 4.90 Å². The first-order chi connectivity index (χ1) is 34.3. The van der Waals surface area contributed by atoms with Crippen molar-refractivity contribution in [2.24, 2.45) is 35.5 Å². The molecular formula is C56H89NO15. The first-order valence-electron chi connectivity index (χ1n) is 26.5. The Morgan fingerprint density at radius 3 is 2.22 bits per heavy atom. The lowest BCUT2D eigenvalue weighted by Crippen LogP contribution is -2.61. The number of nitrogens with zero attached hydrogens (tertiary/aromatic N) is 1. The minimum Gasteiger partial charge on any atom is -0.460 e. The molecule has 2 saturated heterocycles. The van der Waals surface area contributed by atoms with E-state index in [4.69, 9.17) is 37.9 Å². The van der Waals surface area contributed by atoms with Gasteiger partial charge in [-0.1, -0.05) is 71.1 Å². The normalized spacial score (nSPS) is 37.7. The molecule has 1 saturated carbocycles. The van der Waals surface area contributed by atoms with Gasteiger partial charge in [0, 0.05) is 65.6 Å². The predicted octanol–water partition coefficient (Wildman–Crippen LogP) is 6.87. The lowest BCUT2D eigenvalue weighted by Gasteiger charge is -2.43. The zero-order chi connectivity index (χ0) is 53.1. The second-order valence-electron chi connectivity index (χ2n) is 21.0. The second-order valence-corrected chi connectivity index (χ2v) is 21.0. The van der Waals surface area contributed by atoms with Crippen LogP contribution in [-0.4, -0.2) is 160 Å². The molecule has 72 heavy (non-hydrogen) atoms. The number of methoxy groups -OCH3 is 4. The molecule has 15 atom stereocenters. The Kier molecular flexibility index (Phi) is 25.6. The Hall–Kier alpha value is -3.45. The summed E-state index contributed by atoms with van der Waals surface area (Å²) in [6.45, 7) is 14.2. The van der Waals surface area contributed by atoms with E-state index in [9.17, 15) is 34.2 Å². The highest BCUT2D eigenvalue weighted by atomic mass is 16.6. The number of allylic oxidation sites excluding steroid dienone is 6. The van der Waals surface area contributed by atoms with Gasteiger partial charge in [-0.2, -0.15) is 0 Å². The van der Waals surface area contributed by atoms with Crippen molar-refractivity contribution < 1.29 is 72.1 Å².